The Kier molecular flexibility index (Phi) is 4.35. The number of ketones is 1. The zero-order chi connectivity index (χ0) is 14.7. The molecule has 0 radical (unpaired) electrons. The number of aromatic nitrogens is 2. The molecule has 0 aromatic carbocycles. The largest absolute Gasteiger partial charge is 0.496 e. The van der Waals surface area contributed by atoms with Crippen molar-refractivity contribution < 1.29 is 9.53 Å². The number of methoxy groups -OCH3 is 1. The summed E-state index contributed by atoms with van der Waals surface area (Å²) in [6.07, 6.45) is 3.41. The molecule has 0 unspecified atom stereocenters. The van der Waals surface area contributed by atoms with Gasteiger partial charge in [-0.05, 0) is 26.0 Å². The van der Waals surface area contributed by atoms with Gasteiger partial charge in [-0.3, -0.25) is 14.8 Å². The normalized spacial score (nSPS) is 10.4. The molecule has 5 heteroatoms. The minimum absolute atomic E-state index is 0.152. The number of nitrogens with zero attached hydrogens (tertiary/aromatic N) is 2. The van der Waals surface area contributed by atoms with Gasteiger partial charge < -0.3 is 4.74 Å². The predicted molar refractivity (Wildman–Crippen MR) is 77.5 cm³/mol. The highest BCUT2D eigenvalue weighted by Gasteiger charge is 2.16. The van der Waals surface area contributed by atoms with Gasteiger partial charge in [0.1, 0.15) is 11.4 Å². The lowest BCUT2D eigenvalue weighted by Gasteiger charge is -2.11. The van der Waals surface area contributed by atoms with E-state index >= 15 is 0 Å². The topological polar surface area (TPSA) is 52.1 Å². The number of ether oxygens (including phenoxy) is 1. The van der Waals surface area contributed by atoms with Crippen LogP contribution in [0.2, 0.25) is 5.02 Å². The fourth-order valence-corrected chi connectivity index (χ4v) is 2.30. The molecule has 0 aliphatic rings. The molecule has 0 aliphatic heterocycles. The Morgan fingerprint density at radius 2 is 2.10 bits per heavy atom. The van der Waals surface area contributed by atoms with Crippen LogP contribution in [0, 0.1) is 13.8 Å². The molecular weight excluding hydrogens is 276 g/mol. The Hall–Kier alpha value is -1.94. The molecule has 104 valence electrons. The standard InChI is InChI=1S/C15H15ClN2O2/c1-9-8-18-12(10(2)15(9)20-3)7-13(19)14-11(16)5-4-6-17-14/h4-6,8H,7H2,1-3H3. The van der Waals surface area contributed by atoms with Gasteiger partial charge in [0.05, 0.1) is 24.2 Å². The number of rotatable bonds is 4. The second-order valence-electron chi connectivity index (χ2n) is 4.48. The molecule has 0 bridgehead atoms. The summed E-state index contributed by atoms with van der Waals surface area (Å²) in [6.45, 7) is 3.81. The van der Waals surface area contributed by atoms with Gasteiger partial charge in [0.25, 0.3) is 0 Å². The molecule has 2 aromatic rings. The second-order valence-corrected chi connectivity index (χ2v) is 4.89. The Balaban J connectivity index is 2.32. The zero-order valence-electron chi connectivity index (χ0n) is 11.6. The van der Waals surface area contributed by atoms with Crippen molar-refractivity contribution in [2.24, 2.45) is 0 Å². The smallest absolute Gasteiger partial charge is 0.188 e. The molecule has 0 fully saturated rings. The molecule has 0 atom stereocenters. The molecule has 2 aromatic heterocycles. The van der Waals surface area contributed by atoms with Crippen LogP contribution < -0.4 is 4.74 Å². The first-order valence-corrected chi connectivity index (χ1v) is 6.55. The fraction of sp³-hybridized carbons (Fsp3) is 0.267. The maximum atomic E-state index is 12.2. The van der Waals surface area contributed by atoms with E-state index in [2.05, 4.69) is 9.97 Å². The van der Waals surface area contributed by atoms with Gasteiger partial charge in [-0.1, -0.05) is 11.6 Å². The molecule has 0 saturated heterocycles. The summed E-state index contributed by atoms with van der Waals surface area (Å²) in [5.74, 6) is 0.604. The highest BCUT2D eigenvalue weighted by Crippen LogP contribution is 2.25. The van der Waals surface area contributed by atoms with Crippen molar-refractivity contribution >= 4 is 17.4 Å². The average molecular weight is 291 g/mol. The molecular formula is C15H15ClN2O2. The van der Waals surface area contributed by atoms with E-state index in [4.69, 9.17) is 16.3 Å². The number of pyridine rings is 2. The van der Waals surface area contributed by atoms with Crippen LogP contribution in [0.25, 0.3) is 0 Å². The van der Waals surface area contributed by atoms with Crippen LogP contribution >= 0.6 is 11.6 Å². The maximum absolute atomic E-state index is 12.2. The van der Waals surface area contributed by atoms with E-state index in [1.54, 1.807) is 31.6 Å². The van der Waals surface area contributed by atoms with Crippen LogP contribution in [0.5, 0.6) is 5.75 Å². The summed E-state index contributed by atoms with van der Waals surface area (Å²) >= 11 is 5.98. The van der Waals surface area contributed by atoms with Crippen LogP contribution in [0.3, 0.4) is 0 Å². The van der Waals surface area contributed by atoms with Crippen molar-refractivity contribution in [2.45, 2.75) is 20.3 Å². The van der Waals surface area contributed by atoms with E-state index in [9.17, 15) is 4.79 Å². The molecule has 0 amide bonds. The third-order valence-corrected chi connectivity index (χ3v) is 3.41. The quantitative estimate of drug-likeness (QED) is 0.812. The van der Waals surface area contributed by atoms with E-state index in [1.165, 1.54) is 0 Å². The number of carbonyl (C=O) groups excluding carboxylic acids is 1. The third kappa shape index (κ3) is 2.80. The van der Waals surface area contributed by atoms with Crippen LogP contribution in [0.4, 0.5) is 0 Å². The Morgan fingerprint density at radius 3 is 2.75 bits per heavy atom. The van der Waals surface area contributed by atoms with E-state index in [1.807, 2.05) is 13.8 Å². The van der Waals surface area contributed by atoms with Gasteiger partial charge in [-0.25, -0.2) is 0 Å². The van der Waals surface area contributed by atoms with Crippen molar-refractivity contribution in [1.82, 2.24) is 9.97 Å². The van der Waals surface area contributed by atoms with Gasteiger partial charge in [0.15, 0.2) is 5.78 Å². The predicted octanol–water partition coefficient (Wildman–Crippen LogP) is 3.18. The molecule has 0 N–H and O–H groups in total. The molecule has 2 rings (SSSR count). The fourth-order valence-electron chi connectivity index (χ4n) is 2.08. The lowest BCUT2D eigenvalue weighted by atomic mass is 10.0. The van der Waals surface area contributed by atoms with Gasteiger partial charge in [0.2, 0.25) is 0 Å². The van der Waals surface area contributed by atoms with E-state index in [0.717, 1.165) is 16.9 Å². The van der Waals surface area contributed by atoms with Crippen molar-refractivity contribution in [2.75, 3.05) is 7.11 Å². The number of carbonyl (C=O) groups is 1. The van der Waals surface area contributed by atoms with Gasteiger partial charge in [-0.2, -0.15) is 0 Å². The maximum Gasteiger partial charge on any atom is 0.188 e. The monoisotopic (exact) mass is 290 g/mol. The molecule has 0 saturated carbocycles. The minimum atomic E-state index is -0.155. The molecule has 20 heavy (non-hydrogen) atoms. The number of hydrogen-bond acceptors (Lipinski definition) is 4. The van der Waals surface area contributed by atoms with Crippen LogP contribution in [-0.2, 0) is 6.42 Å². The molecule has 0 spiro atoms. The van der Waals surface area contributed by atoms with Crippen molar-refractivity contribution in [3.63, 3.8) is 0 Å². The minimum Gasteiger partial charge on any atom is -0.496 e. The average Bonchev–Trinajstić information content (AvgIpc) is 2.43. The van der Waals surface area contributed by atoms with Crippen LogP contribution in [0.1, 0.15) is 27.3 Å². The number of halogens is 1. The van der Waals surface area contributed by atoms with Gasteiger partial charge in [0, 0.05) is 23.5 Å². The summed E-state index contributed by atoms with van der Waals surface area (Å²) in [4.78, 5) is 20.6. The van der Waals surface area contributed by atoms with E-state index in [-0.39, 0.29) is 17.9 Å². The van der Waals surface area contributed by atoms with Crippen molar-refractivity contribution in [3.05, 3.63) is 52.1 Å². The number of aryl methyl sites for hydroxylation is 1. The number of Topliss-reactive ketones (excluding diaryl/α,β-unsaturated/α-hetero) is 1. The summed E-state index contributed by atoms with van der Waals surface area (Å²) in [6, 6.07) is 3.34. The second kappa shape index (κ2) is 6.01. The summed E-state index contributed by atoms with van der Waals surface area (Å²) in [5.41, 5.74) is 2.76. The molecule has 0 aliphatic carbocycles. The highest BCUT2D eigenvalue weighted by molar-refractivity contribution is 6.33. The highest BCUT2D eigenvalue weighted by atomic mass is 35.5. The SMILES string of the molecule is COc1c(C)cnc(CC(=O)c2ncccc2Cl)c1C. The van der Waals surface area contributed by atoms with Crippen molar-refractivity contribution in [1.29, 1.82) is 0 Å². The van der Waals surface area contributed by atoms with Gasteiger partial charge in [-0.15, -0.1) is 0 Å². The van der Waals surface area contributed by atoms with E-state index in [0.29, 0.717) is 10.7 Å². The van der Waals surface area contributed by atoms with Gasteiger partial charge >= 0.3 is 0 Å². The first-order valence-electron chi connectivity index (χ1n) is 6.17. The Labute approximate surface area is 122 Å². The summed E-state index contributed by atoms with van der Waals surface area (Å²) in [7, 11) is 1.61. The number of hydrogen-bond donors (Lipinski definition) is 0. The molecule has 2 heterocycles. The summed E-state index contributed by atoms with van der Waals surface area (Å²) in [5, 5.41) is 0.356. The first-order chi connectivity index (χ1) is 9.54. The molecule has 4 nitrogen and oxygen atoms in total. The Bertz CT molecular complexity index is 656. The van der Waals surface area contributed by atoms with Crippen LogP contribution in [-0.4, -0.2) is 22.9 Å². The summed E-state index contributed by atoms with van der Waals surface area (Å²) < 4.78 is 5.33. The van der Waals surface area contributed by atoms with Crippen LogP contribution in [0.15, 0.2) is 24.5 Å². The Morgan fingerprint density at radius 1 is 1.35 bits per heavy atom. The third-order valence-electron chi connectivity index (χ3n) is 3.10. The lowest BCUT2D eigenvalue weighted by molar-refractivity contribution is 0.0987. The zero-order valence-corrected chi connectivity index (χ0v) is 12.4. The lowest BCUT2D eigenvalue weighted by Crippen LogP contribution is -2.10. The van der Waals surface area contributed by atoms with Crippen molar-refractivity contribution in [3.8, 4) is 5.75 Å². The first kappa shape index (κ1) is 14.5. The van der Waals surface area contributed by atoms with E-state index < -0.39 is 0 Å².